The molecular weight excluding hydrogens is 352 g/mol. The highest BCUT2D eigenvalue weighted by Crippen LogP contribution is 2.30. The number of rotatable bonds is 6. The van der Waals surface area contributed by atoms with E-state index < -0.39 is 11.6 Å². The Bertz CT molecular complexity index is 692. The molecule has 2 atom stereocenters. The first-order valence-electron chi connectivity index (χ1n) is 9.75. The maximum Gasteiger partial charge on any atom is 0.237 e. The van der Waals surface area contributed by atoms with Gasteiger partial charge in [0.1, 0.15) is 0 Å². The molecule has 0 bridgehead atoms. The Morgan fingerprint density at radius 2 is 1.96 bits per heavy atom. The molecule has 2 aliphatic rings. The summed E-state index contributed by atoms with van der Waals surface area (Å²) in [5.41, 5.74) is 0.0402. The predicted molar refractivity (Wildman–Crippen MR) is 98.0 cm³/mol. The zero-order valence-corrected chi connectivity index (χ0v) is 15.6. The van der Waals surface area contributed by atoms with Gasteiger partial charge in [-0.3, -0.25) is 14.5 Å². The molecule has 1 saturated heterocycles. The van der Waals surface area contributed by atoms with E-state index in [1.54, 1.807) is 0 Å². The maximum absolute atomic E-state index is 13.8. The summed E-state index contributed by atoms with van der Waals surface area (Å²) < 4.78 is 27.1. The van der Waals surface area contributed by atoms with Gasteiger partial charge >= 0.3 is 0 Å². The fourth-order valence-electron chi connectivity index (χ4n) is 4.29. The Balaban J connectivity index is 1.63. The van der Waals surface area contributed by atoms with Crippen LogP contribution in [0, 0.1) is 11.6 Å². The van der Waals surface area contributed by atoms with E-state index in [0.29, 0.717) is 25.6 Å². The van der Waals surface area contributed by atoms with Crippen LogP contribution in [0.25, 0.3) is 0 Å². The van der Waals surface area contributed by atoms with Crippen molar-refractivity contribution in [1.82, 2.24) is 15.5 Å². The predicted octanol–water partition coefficient (Wildman–Crippen LogP) is 2.15. The molecule has 3 rings (SSSR count). The van der Waals surface area contributed by atoms with E-state index in [9.17, 15) is 18.4 Å². The lowest BCUT2D eigenvalue weighted by atomic mass is 10.1. The molecule has 1 aliphatic carbocycles. The monoisotopic (exact) mass is 379 g/mol. The lowest BCUT2D eigenvalue weighted by Gasteiger charge is -2.29. The summed E-state index contributed by atoms with van der Waals surface area (Å²) in [5, 5.41) is 5.79. The average molecular weight is 379 g/mol. The number of hydrogen-bond acceptors (Lipinski definition) is 3. The standard InChI is InChI=1S/C20H27F2N3O2/c1-2-23-20(27)17-11-14(12-25(17)15-7-3-4-8-15)24-18(26)10-13-6-5-9-16(21)19(13)22/h5-6,9,14-15,17H,2-4,7-8,10-12H2,1H3,(H,23,27)(H,24,26)/t14-,17-/m0/s1. The molecule has 2 amide bonds. The minimum absolute atomic E-state index is 0.00248. The Morgan fingerprint density at radius 1 is 1.22 bits per heavy atom. The van der Waals surface area contributed by atoms with Crippen molar-refractivity contribution in [2.75, 3.05) is 13.1 Å². The summed E-state index contributed by atoms with van der Waals surface area (Å²) in [6, 6.07) is 3.80. The van der Waals surface area contributed by atoms with Crippen LogP contribution < -0.4 is 10.6 Å². The van der Waals surface area contributed by atoms with Crippen molar-refractivity contribution in [3.63, 3.8) is 0 Å². The number of carbonyl (C=O) groups excluding carboxylic acids is 2. The number of likely N-dealkylation sites (tertiary alicyclic amines) is 1. The van der Waals surface area contributed by atoms with Crippen molar-refractivity contribution in [1.29, 1.82) is 0 Å². The molecule has 1 aliphatic heterocycles. The van der Waals surface area contributed by atoms with Crippen molar-refractivity contribution >= 4 is 11.8 Å². The molecule has 1 aromatic carbocycles. The van der Waals surface area contributed by atoms with Crippen LogP contribution in [0.2, 0.25) is 0 Å². The molecule has 0 unspecified atom stereocenters. The molecule has 7 heteroatoms. The molecule has 0 aromatic heterocycles. The van der Waals surface area contributed by atoms with Crippen LogP contribution in [0.5, 0.6) is 0 Å². The number of likely N-dealkylation sites (N-methyl/N-ethyl adjacent to an activating group) is 1. The van der Waals surface area contributed by atoms with E-state index in [-0.39, 0.29) is 35.9 Å². The SMILES string of the molecule is CCNC(=O)[C@@H]1C[C@H](NC(=O)Cc2cccc(F)c2F)CN1C1CCCC1. The first kappa shape index (κ1) is 19.7. The second kappa shape index (κ2) is 8.78. The molecule has 0 spiro atoms. The number of carbonyl (C=O) groups is 2. The molecule has 0 radical (unpaired) electrons. The Labute approximate surface area is 158 Å². The van der Waals surface area contributed by atoms with Crippen LogP contribution in [0.1, 0.15) is 44.6 Å². The van der Waals surface area contributed by atoms with E-state index in [1.165, 1.54) is 25.0 Å². The number of nitrogens with zero attached hydrogens (tertiary/aromatic N) is 1. The highest BCUT2D eigenvalue weighted by atomic mass is 19.2. The van der Waals surface area contributed by atoms with Crippen LogP contribution in [0.4, 0.5) is 8.78 Å². The molecule has 148 valence electrons. The summed E-state index contributed by atoms with van der Waals surface area (Å²) in [6.45, 7) is 3.08. The number of amides is 2. The van der Waals surface area contributed by atoms with Gasteiger partial charge in [-0.25, -0.2) is 8.78 Å². The van der Waals surface area contributed by atoms with Gasteiger partial charge in [0.05, 0.1) is 12.5 Å². The minimum Gasteiger partial charge on any atom is -0.355 e. The molecule has 1 saturated carbocycles. The van der Waals surface area contributed by atoms with Crippen LogP contribution >= 0.6 is 0 Å². The van der Waals surface area contributed by atoms with Gasteiger partial charge in [-0.1, -0.05) is 25.0 Å². The summed E-state index contributed by atoms with van der Waals surface area (Å²) in [4.78, 5) is 27.0. The van der Waals surface area contributed by atoms with Crippen molar-refractivity contribution in [3.8, 4) is 0 Å². The van der Waals surface area contributed by atoms with Crippen molar-refractivity contribution < 1.29 is 18.4 Å². The lowest BCUT2D eigenvalue weighted by molar-refractivity contribution is -0.126. The highest BCUT2D eigenvalue weighted by molar-refractivity contribution is 5.83. The molecule has 5 nitrogen and oxygen atoms in total. The fraction of sp³-hybridized carbons (Fsp3) is 0.600. The smallest absolute Gasteiger partial charge is 0.237 e. The van der Waals surface area contributed by atoms with Gasteiger partial charge in [0, 0.05) is 30.7 Å². The normalized spacial score (nSPS) is 23.5. The summed E-state index contributed by atoms with van der Waals surface area (Å²) in [5.74, 6) is -2.29. The summed E-state index contributed by atoms with van der Waals surface area (Å²) >= 11 is 0. The van der Waals surface area contributed by atoms with Crippen molar-refractivity contribution in [2.24, 2.45) is 0 Å². The largest absolute Gasteiger partial charge is 0.355 e. The topological polar surface area (TPSA) is 61.4 Å². The van der Waals surface area contributed by atoms with Crippen LogP contribution in [-0.2, 0) is 16.0 Å². The van der Waals surface area contributed by atoms with Gasteiger partial charge in [0.15, 0.2) is 11.6 Å². The van der Waals surface area contributed by atoms with Gasteiger partial charge < -0.3 is 10.6 Å². The fourth-order valence-corrected chi connectivity index (χ4v) is 4.29. The molecule has 1 heterocycles. The van der Waals surface area contributed by atoms with Crippen molar-refractivity contribution in [3.05, 3.63) is 35.4 Å². The van der Waals surface area contributed by atoms with Gasteiger partial charge in [-0.2, -0.15) is 0 Å². The third kappa shape index (κ3) is 4.64. The lowest BCUT2D eigenvalue weighted by Crippen LogP contribution is -2.47. The third-order valence-electron chi connectivity index (χ3n) is 5.53. The Morgan fingerprint density at radius 3 is 2.67 bits per heavy atom. The molecular formula is C20H27F2N3O2. The van der Waals surface area contributed by atoms with Gasteiger partial charge in [-0.15, -0.1) is 0 Å². The first-order valence-corrected chi connectivity index (χ1v) is 9.75. The second-order valence-corrected chi connectivity index (χ2v) is 7.44. The zero-order valence-electron chi connectivity index (χ0n) is 15.6. The average Bonchev–Trinajstić information content (AvgIpc) is 3.28. The van der Waals surface area contributed by atoms with Crippen LogP contribution in [0.3, 0.4) is 0 Å². The third-order valence-corrected chi connectivity index (χ3v) is 5.53. The minimum atomic E-state index is -0.980. The Kier molecular flexibility index (Phi) is 6.42. The number of benzene rings is 1. The van der Waals surface area contributed by atoms with Gasteiger partial charge in [0.2, 0.25) is 11.8 Å². The number of hydrogen-bond donors (Lipinski definition) is 2. The zero-order chi connectivity index (χ0) is 19.4. The summed E-state index contributed by atoms with van der Waals surface area (Å²) in [6.07, 6.45) is 4.81. The highest BCUT2D eigenvalue weighted by Gasteiger charge is 2.41. The van der Waals surface area contributed by atoms with E-state index in [0.717, 1.165) is 18.9 Å². The van der Waals surface area contributed by atoms with Gasteiger partial charge in [-0.05, 0) is 32.3 Å². The summed E-state index contributed by atoms with van der Waals surface area (Å²) in [7, 11) is 0. The van der Waals surface area contributed by atoms with E-state index in [2.05, 4.69) is 15.5 Å². The Hall–Kier alpha value is -2.02. The maximum atomic E-state index is 13.8. The first-order chi connectivity index (χ1) is 13.0. The molecule has 27 heavy (non-hydrogen) atoms. The second-order valence-electron chi connectivity index (χ2n) is 7.44. The van der Waals surface area contributed by atoms with E-state index in [1.807, 2.05) is 6.92 Å². The van der Waals surface area contributed by atoms with Gasteiger partial charge in [0.25, 0.3) is 0 Å². The number of halogens is 2. The van der Waals surface area contributed by atoms with Crippen molar-refractivity contribution in [2.45, 2.75) is 63.6 Å². The van der Waals surface area contributed by atoms with Crippen LogP contribution in [-0.4, -0.2) is 47.9 Å². The van der Waals surface area contributed by atoms with E-state index in [4.69, 9.17) is 0 Å². The van der Waals surface area contributed by atoms with E-state index >= 15 is 0 Å². The molecule has 1 aromatic rings. The molecule has 2 fully saturated rings. The molecule has 2 N–H and O–H groups in total. The number of nitrogens with one attached hydrogen (secondary N) is 2. The quantitative estimate of drug-likeness (QED) is 0.796. The van der Waals surface area contributed by atoms with Crippen LogP contribution in [0.15, 0.2) is 18.2 Å².